The summed E-state index contributed by atoms with van der Waals surface area (Å²) in [5.74, 6) is 0. The summed E-state index contributed by atoms with van der Waals surface area (Å²) in [6.07, 6.45) is 4.38. The van der Waals surface area contributed by atoms with Crippen molar-refractivity contribution < 1.29 is 0 Å². The smallest absolute Gasteiger partial charge is 0.00201 e. The summed E-state index contributed by atoms with van der Waals surface area (Å²) >= 11 is 0. The van der Waals surface area contributed by atoms with E-state index in [0.29, 0.717) is 0 Å². The predicted octanol–water partition coefficient (Wildman–Crippen LogP) is 12.3. The summed E-state index contributed by atoms with van der Waals surface area (Å²) in [5, 5.41) is 7.65. The molecule has 0 amide bonds. The van der Waals surface area contributed by atoms with Crippen LogP contribution < -0.4 is 0 Å². The van der Waals surface area contributed by atoms with Gasteiger partial charge in [0.15, 0.2) is 0 Å². The van der Waals surface area contributed by atoms with E-state index in [1.165, 1.54) is 76.8 Å². The third-order valence-corrected chi connectivity index (χ3v) is 8.68. The van der Waals surface area contributed by atoms with Crippen LogP contribution in [0.2, 0.25) is 0 Å². The average Bonchev–Trinajstić information content (AvgIpc) is 3.10. The fourth-order valence-corrected chi connectivity index (χ4v) is 6.54. The fraction of sp³-hybridized carbons (Fsp3) is 0. The lowest BCUT2D eigenvalue weighted by molar-refractivity contribution is 1.60. The predicted molar refractivity (Wildman–Crippen MR) is 191 cm³/mol. The van der Waals surface area contributed by atoms with E-state index in [0.717, 1.165) is 0 Å². The van der Waals surface area contributed by atoms with Crippen molar-refractivity contribution >= 4 is 44.5 Å². The Morgan fingerprint density at radius 2 is 0.705 bits per heavy atom. The third-order valence-electron chi connectivity index (χ3n) is 8.68. The second-order valence-corrected chi connectivity index (χ2v) is 11.3. The highest BCUT2D eigenvalue weighted by atomic mass is 14.2. The van der Waals surface area contributed by atoms with Crippen LogP contribution >= 0.6 is 0 Å². The zero-order valence-corrected chi connectivity index (χ0v) is 24.3. The van der Waals surface area contributed by atoms with Crippen molar-refractivity contribution in [3.8, 4) is 33.4 Å². The second kappa shape index (κ2) is 11.2. The van der Waals surface area contributed by atoms with Crippen LogP contribution in [0, 0.1) is 0 Å². The molecule has 0 atom stereocenters. The Bertz CT molecular complexity index is 2230. The molecule has 0 aliphatic rings. The van der Waals surface area contributed by atoms with Crippen molar-refractivity contribution in [3.63, 3.8) is 0 Å². The van der Waals surface area contributed by atoms with Gasteiger partial charge in [0, 0.05) is 0 Å². The highest BCUT2D eigenvalue weighted by Crippen LogP contribution is 2.45. The van der Waals surface area contributed by atoms with Crippen molar-refractivity contribution in [2.75, 3.05) is 0 Å². The van der Waals surface area contributed by atoms with E-state index in [1.807, 2.05) is 0 Å². The molecule has 8 aromatic rings. The molecule has 0 aliphatic heterocycles. The maximum absolute atomic E-state index is 2.28. The van der Waals surface area contributed by atoms with Gasteiger partial charge >= 0.3 is 0 Å². The van der Waals surface area contributed by atoms with Crippen LogP contribution in [0.1, 0.15) is 11.1 Å². The molecule has 206 valence electrons. The van der Waals surface area contributed by atoms with Crippen LogP contribution in [-0.2, 0) is 0 Å². The molecule has 0 aliphatic carbocycles. The Kier molecular flexibility index (Phi) is 6.59. The molecule has 0 N–H and O–H groups in total. The highest BCUT2D eigenvalue weighted by Gasteiger charge is 2.17. The first-order valence-electron chi connectivity index (χ1n) is 15.2. The summed E-state index contributed by atoms with van der Waals surface area (Å²) in [7, 11) is 0. The number of benzene rings is 8. The van der Waals surface area contributed by atoms with Crippen molar-refractivity contribution in [1.82, 2.24) is 0 Å². The number of hydrogen-bond donors (Lipinski definition) is 0. The van der Waals surface area contributed by atoms with Gasteiger partial charge in [-0.3, -0.25) is 0 Å². The topological polar surface area (TPSA) is 0 Å². The molecular formula is C44H30. The maximum atomic E-state index is 2.28. The average molecular weight is 559 g/mol. The van der Waals surface area contributed by atoms with E-state index >= 15 is 0 Å². The van der Waals surface area contributed by atoms with Crippen LogP contribution in [0.5, 0.6) is 0 Å². The SMILES string of the molecule is C(=C\c1ccc(-c2c3ccccc3c(-c3cccc4ccccc34)c3ccccc23)cc1)/c1ccc(-c2ccccc2)cc1. The maximum Gasteiger partial charge on any atom is -0.00201 e. The second-order valence-electron chi connectivity index (χ2n) is 11.3. The molecule has 0 spiro atoms. The monoisotopic (exact) mass is 558 g/mol. The zero-order valence-electron chi connectivity index (χ0n) is 24.3. The van der Waals surface area contributed by atoms with Gasteiger partial charge in [-0.2, -0.15) is 0 Å². The summed E-state index contributed by atoms with van der Waals surface area (Å²) in [6, 6.07) is 61.4. The molecule has 44 heavy (non-hydrogen) atoms. The first-order valence-corrected chi connectivity index (χ1v) is 15.2. The van der Waals surface area contributed by atoms with Gasteiger partial charge in [0.05, 0.1) is 0 Å². The van der Waals surface area contributed by atoms with E-state index in [-0.39, 0.29) is 0 Å². The summed E-state index contributed by atoms with van der Waals surface area (Å²) in [4.78, 5) is 0. The summed E-state index contributed by atoms with van der Waals surface area (Å²) < 4.78 is 0. The third kappa shape index (κ3) is 4.68. The van der Waals surface area contributed by atoms with Crippen LogP contribution in [0.25, 0.3) is 77.9 Å². The molecule has 8 aromatic carbocycles. The van der Waals surface area contributed by atoms with Gasteiger partial charge in [-0.15, -0.1) is 0 Å². The van der Waals surface area contributed by atoms with Gasteiger partial charge in [0.2, 0.25) is 0 Å². The Balaban J connectivity index is 1.20. The molecule has 0 heteroatoms. The van der Waals surface area contributed by atoms with Gasteiger partial charge < -0.3 is 0 Å². The summed E-state index contributed by atoms with van der Waals surface area (Å²) in [5.41, 5.74) is 9.94. The lowest BCUT2D eigenvalue weighted by Crippen LogP contribution is -1.91. The normalized spacial score (nSPS) is 11.5. The molecule has 0 heterocycles. The van der Waals surface area contributed by atoms with E-state index in [1.54, 1.807) is 0 Å². The quantitative estimate of drug-likeness (QED) is 0.146. The van der Waals surface area contributed by atoms with Crippen LogP contribution in [-0.4, -0.2) is 0 Å². The van der Waals surface area contributed by atoms with Crippen LogP contribution in [0.3, 0.4) is 0 Å². The molecule has 0 fully saturated rings. The largest absolute Gasteiger partial charge is 0.0622 e. The Labute approximate surface area is 258 Å². The Morgan fingerprint density at radius 3 is 1.30 bits per heavy atom. The highest BCUT2D eigenvalue weighted by molar-refractivity contribution is 6.23. The molecule has 0 saturated heterocycles. The minimum atomic E-state index is 1.18. The standard InChI is InChI=1S/C44H30/c1-2-11-33(12-3-1)34-27-23-31(24-28-34)21-22-32-25-29-36(30-26-32)43-39-16-6-8-18-41(39)44(42-19-9-7-17-40(42)43)38-20-10-14-35-13-4-5-15-37(35)38/h1-30H/b22-21+. The molecule has 0 bridgehead atoms. The van der Waals surface area contributed by atoms with Crippen molar-refractivity contribution in [2.45, 2.75) is 0 Å². The van der Waals surface area contributed by atoms with Gasteiger partial charge in [-0.1, -0.05) is 182 Å². The Hall–Kier alpha value is -5.72. The van der Waals surface area contributed by atoms with E-state index in [4.69, 9.17) is 0 Å². The minimum Gasteiger partial charge on any atom is -0.0622 e. The minimum absolute atomic E-state index is 1.18. The number of rotatable bonds is 5. The fourth-order valence-electron chi connectivity index (χ4n) is 6.54. The van der Waals surface area contributed by atoms with Crippen molar-refractivity contribution in [2.24, 2.45) is 0 Å². The molecule has 0 aromatic heterocycles. The molecular weight excluding hydrogens is 528 g/mol. The number of fused-ring (bicyclic) bond motifs is 3. The van der Waals surface area contributed by atoms with E-state index in [9.17, 15) is 0 Å². The first kappa shape index (κ1) is 25.9. The van der Waals surface area contributed by atoms with Gasteiger partial charge in [0.25, 0.3) is 0 Å². The van der Waals surface area contributed by atoms with Crippen molar-refractivity contribution in [1.29, 1.82) is 0 Å². The van der Waals surface area contributed by atoms with Crippen molar-refractivity contribution in [3.05, 3.63) is 181 Å². The van der Waals surface area contributed by atoms with Crippen LogP contribution in [0.15, 0.2) is 170 Å². The lowest BCUT2D eigenvalue weighted by Gasteiger charge is -2.18. The molecule has 0 saturated carbocycles. The van der Waals surface area contributed by atoms with Crippen LogP contribution in [0.4, 0.5) is 0 Å². The van der Waals surface area contributed by atoms with E-state index < -0.39 is 0 Å². The van der Waals surface area contributed by atoms with Gasteiger partial charge in [-0.05, 0) is 76.8 Å². The molecule has 0 unspecified atom stereocenters. The molecule has 0 nitrogen and oxygen atoms in total. The number of hydrogen-bond acceptors (Lipinski definition) is 0. The Morgan fingerprint density at radius 1 is 0.273 bits per heavy atom. The molecule has 8 rings (SSSR count). The lowest BCUT2D eigenvalue weighted by atomic mass is 9.84. The summed E-state index contributed by atoms with van der Waals surface area (Å²) in [6.45, 7) is 0. The first-order chi connectivity index (χ1) is 21.8. The van der Waals surface area contributed by atoms with E-state index in [2.05, 4.69) is 182 Å². The zero-order chi connectivity index (χ0) is 29.3. The van der Waals surface area contributed by atoms with Gasteiger partial charge in [0.1, 0.15) is 0 Å². The van der Waals surface area contributed by atoms with Gasteiger partial charge in [-0.25, -0.2) is 0 Å². The molecule has 0 radical (unpaired) electrons.